The Morgan fingerprint density at radius 3 is 2.31 bits per heavy atom. The molecule has 0 unspecified atom stereocenters. The molecule has 0 heterocycles. The van der Waals surface area contributed by atoms with Crippen LogP contribution in [0.5, 0.6) is 0 Å². The molecule has 2 rings (SSSR count). The van der Waals surface area contributed by atoms with Crippen molar-refractivity contribution in [2.75, 3.05) is 5.73 Å². The van der Waals surface area contributed by atoms with Gasteiger partial charge in [0.2, 0.25) is 0 Å². The third-order valence-electron chi connectivity index (χ3n) is 3.96. The smallest absolute Gasteiger partial charge is 0.0314 e. The van der Waals surface area contributed by atoms with Crippen molar-refractivity contribution in [1.82, 2.24) is 0 Å². The van der Waals surface area contributed by atoms with Crippen molar-refractivity contribution in [2.45, 2.75) is 45.4 Å². The van der Waals surface area contributed by atoms with Crippen LogP contribution in [0, 0.1) is 11.8 Å². The maximum absolute atomic E-state index is 5.68. The van der Waals surface area contributed by atoms with E-state index in [1.807, 2.05) is 12.1 Å². The highest BCUT2D eigenvalue weighted by Crippen LogP contribution is 2.31. The fourth-order valence-electron chi connectivity index (χ4n) is 2.67. The summed E-state index contributed by atoms with van der Waals surface area (Å²) < 4.78 is 0. The predicted molar refractivity (Wildman–Crippen MR) is 70.3 cm³/mol. The van der Waals surface area contributed by atoms with Gasteiger partial charge in [-0.2, -0.15) is 0 Å². The summed E-state index contributed by atoms with van der Waals surface area (Å²) in [5.41, 5.74) is 7.99. The van der Waals surface area contributed by atoms with Gasteiger partial charge in [0.25, 0.3) is 0 Å². The van der Waals surface area contributed by atoms with Gasteiger partial charge in [0.1, 0.15) is 0 Å². The number of aryl methyl sites for hydroxylation is 1. The standard InChI is InChI=1S/C15H23N/c1-12-2-4-13(5-3-12)6-7-14-8-10-15(16)11-9-14/h8-13H,2-7,16H2,1H3. The third-order valence-corrected chi connectivity index (χ3v) is 3.96. The fraction of sp³-hybridized carbons (Fsp3) is 0.600. The normalized spacial score (nSPS) is 25.6. The fourth-order valence-corrected chi connectivity index (χ4v) is 2.67. The Kier molecular flexibility index (Phi) is 3.87. The Morgan fingerprint density at radius 2 is 1.69 bits per heavy atom. The zero-order valence-corrected chi connectivity index (χ0v) is 10.3. The Bertz CT molecular complexity index is 307. The second kappa shape index (κ2) is 5.38. The monoisotopic (exact) mass is 217 g/mol. The minimum atomic E-state index is 0.871. The van der Waals surface area contributed by atoms with Crippen LogP contribution in [0.1, 0.15) is 44.6 Å². The Balaban J connectivity index is 1.77. The lowest BCUT2D eigenvalue weighted by atomic mass is 9.80. The highest BCUT2D eigenvalue weighted by molar-refractivity contribution is 5.39. The number of hydrogen-bond donors (Lipinski definition) is 1. The summed E-state index contributed by atoms with van der Waals surface area (Å²) in [6.45, 7) is 2.39. The Hall–Kier alpha value is -0.980. The second-order valence-electron chi connectivity index (χ2n) is 5.41. The van der Waals surface area contributed by atoms with Crippen LogP contribution in [0.4, 0.5) is 5.69 Å². The zero-order valence-electron chi connectivity index (χ0n) is 10.3. The first-order chi connectivity index (χ1) is 7.74. The van der Waals surface area contributed by atoms with Crippen molar-refractivity contribution >= 4 is 5.69 Å². The first kappa shape index (κ1) is 11.5. The van der Waals surface area contributed by atoms with Gasteiger partial charge in [0.15, 0.2) is 0 Å². The van der Waals surface area contributed by atoms with Crippen molar-refractivity contribution in [3.8, 4) is 0 Å². The first-order valence-corrected chi connectivity index (χ1v) is 6.58. The van der Waals surface area contributed by atoms with Gasteiger partial charge in [0.05, 0.1) is 0 Å². The first-order valence-electron chi connectivity index (χ1n) is 6.58. The van der Waals surface area contributed by atoms with Gasteiger partial charge in [-0.05, 0) is 42.4 Å². The molecule has 1 nitrogen and oxygen atoms in total. The molecule has 16 heavy (non-hydrogen) atoms. The van der Waals surface area contributed by atoms with Crippen molar-refractivity contribution in [1.29, 1.82) is 0 Å². The molecular weight excluding hydrogens is 194 g/mol. The van der Waals surface area contributed by atoms with Crippen molar-refractivity contribution in [3.63, 3.8) is 0 Å². The van der Waals surface area contributed by atoms with Crippen LogP contribution in [-0.4, -0.2) is 0 Å². The van der Waals surface area contributed by atoms with E-state index in [4.69, 9.17) is 5.73 Å². The highest BCUT2D eigenvalue weighted by Gasteiger charge is 2.17. The van der Waals surface area contributed by atoms with Crippen molar-refractivity contribution < 1.29 is 0 Å². The van der Waals surface area contributed by atoms with E-state index in [0.717, 1.165) is 17.5 Å². The lowest BCUT2D eigenvalue weighted by Gasteiger charge is -2.26. The van der Waals surface area contributed by atoms with E-state index in [-0.39, 0.29) is 0 Å². The van der Waals surface area contributed by atoms with E-state index < -0.39 is 0 Å². The van der Waals surface area contributed by atoms with Gasteiger partial charge in [-0.3, -0.25) is 0 Å². The van der Waals surface area contributed by atoms with E-state index in [1.54, 1.807) is 0 Å². The molecule has 1 heteroatoms. The van der Waals surface area contributed by atoms with Crippen LogP contribution in [0.25, 0.3) is 0 Å². The Morgan fingerprint density at radius 1 is 1.06 bits per heavy atom. The minimum absolute atomic E-state index is 0.871. The molecule has 0 saturated heterocycles. The minimum Gasteiger partial charge on any atom is -0.399 e. The van der Waals surface area contributed by atoms with E-state index in [2.05, 4.69) is 19.1 Å². The van der Waals surface area contributed by atoms with Gasteiger partial charge in [-0.15, -0.1) is 0 Å². The number of rotatable bonds is 3. The molecule has 0 spiro atoms. The van der Waals surface area contributed by atoms with Crippen LogP contribution in [-0.2, 0) is 6.42 Å². The van der Waals surface area contributed by atoms with Gasteiger partial charge >= 0.3 is 0 Å². The summed E-state index contributed by atoms with van der Waals surface area (Å²) in [6.07, 6.45) is 8.33. The average molecular weight is 217 g/mol. The maximum atomic E-state index is 5.68. The molecule has 1 aliphatic rings. The van der Waals surface area contributed by atoms with E-state index >= 15 is 0 Å². The summed E-state index contributed by atoms with van der Waals surface area (Å²) in [4.78, 5) is 0. The van der Waals surface area contributed by atoms with E-state index in [0.29, 0.717) is 0 Å². The molecule has 0 amide bonds. The quantitative estimate of drug-likeness (QED) is 0.760. The molecule has 2 N–H and O–H groups in total. The SMILES string of the molecule is CC1CCC(CCc2ccc(N)cc2)CC1. The topological polar surface area (TPSA) is 26.0 Å². The number of nitrogen functional groups attached to an aromatic ring is 1. The predicted octanol–water partition coefficient (Wildman–Crippen LogP) is 4.03. The molecule has 0 bridgehead atoms. The number of nitrogens with two attached hydrogens (primary N) is 1. The molecule has 0 aromatic heterocycles. The highest BCUT2D eigenvalue weighted by atomic mass is 14.5. The largest absolute Gasteiger partial charge is 0.399 e. The van der Waals surface area contributed by atoms with E-state index in [9.17, 15) is 0 Å². The number of hydrogen-bond acceptors (Lipinski definition) is 1. The van der Waals surface area contributed by atoms with Crippen LogP contribution in [0.15, 0.2) is 24.3 Å². The van der Waals surface area contributed by atoms with Gasteiger partial charge in [0, 0.05) is 5.69 Å². The Labute approximate surface area is 99.0 Å². The summed E-state index contributed by atoms with van der Waals surface area (Å²) in [6, 6.07) is 8.36. The van der Waals surface area contributed by atoms with Crippen molar-refractivity contribution in [2.24, 2.45) is 11.8 Å². The van der Waals surface area contributed by atoms with Crippen LogP contribution in [0.2, 0.25) is 0 Å². The number of benzene rings is 1. The summed E-state index contributed by atoms with van der Waals surface area (Å²) >= 11 is 0. The molecule has 1 aromatic rings. The molecule has 0 atom stereocenters. The molecular formula is C15H23N. The van der Waals surface area contributed by atoms with Crippen LogP contribution in [0.3, 0.4) is 0 Å². The molecule has 1 saturated carbocycles. The second-order valence-corrected chi connectivity index (χ2v) is 5.41. The molecule has 1 fully saturated rings. The third kappa shape index (κ3) is 3.26. The molecule has 1 aliphatic carbocycles. The van der Waals surface area contributed by atoms with Crippen LogP contribution >= 0.6 is 0 Å². The summed E-state index contributed by atoms with van der Waals surface area (Å²) in [5.74, 6) is 1.93. The van der Waals surface area contributed by atoms with Gasteiger partial charge in [-0.25, -0.2) is 0 Å². The molecule has 0 aliphatic heterocycles. The average Bonchev–Trinajstić information content (AvgIpc) is 2.30. The summed E-state index contributed by atoms with van der Waals surface area (Å²) in [7, 11) is 0. The molecule has 1 aromatic carbocycles. The summed E-state index contributed by atoms with van der Waals surface area (Å²) in [5, 5.41) is 0. The van der Waals surface area contributed by atoms with E-state index in [1.165, 1.54) is 44.1 Å². The van der Waals surface area contributed by atoms with Crippen LogP contribution < -0.4 is 5.73 Å². The molecule has 88 valence electrons. The van der Waals surface area contributed by atoms with Gasteiger partial charge < -0.3 is 5.73 Å². The molecule has 0 radical (unpaired) electrons. The van der Waals surface area contributed by atoms with Gasteiger partial charge in [-0.1, -0.05) is 44.7 Å². The maximum Gasteiger partial charge on any atom is 0.0314 e. The lowest BCUT2D eigenvalue weighted by Crippen LogP contribution is -2.12. The zero-order chi connectivity index (χ0) is 11.4. The lowest BCUT2D eigenvalue weighted by molar-refractivity contribution is 0.278. The van der Waals surface area contributed by atoms with Crippen molar-refractivity contribution in [3.05, 3.63) is 29.8 Å². The number of anilines is 1.